The molecule has 20 nitrogen and oxygen atoms in total. The Kier molecular flexibility index (Phi) is 18.9. The highest BCUT2D eigenvalue weighted by atomic mass is 35.5. The number of pyridine rings is 3. The Morgan fingerprint density at radius 1 is 0.605 bits per heavy atom. The van der Waals surface area contributed by atoms with Gasteiger partial charge in [0.15, 0.2) is 5.82 Å². The van der Waals surface area contributed by atoms with Gasteiger partial charge < -0.3 is 30.3 Å². The number of likely N-dealkylation sites (tertiary alicyclic amines) is 2. The predicted molar refractivity (Wildman–Crippen MR) is 312 cm³/mol. The van der Waals surface area contributed by atoms with Crippen LogP contribution in [0.4, 0.5) is 9.59 Å². The van der Waals surface area contributed by atoms with Gasteiger partial charge in [-0.1, -0.05) is 29.8 Å². The van der Waals surface area contributed by atoms with E-state index in [0.29, 0.717) is 35.9 Å². The molecule has 2 amide bonds. The van der Waals surface area contributed by atoms with Crippen LogP contribution in [0.25, 0.3) is 50.5 Å². The molecule has 3 aliphatic heterocycles. The number of carbonyl (C=O) groups is 2. The van der Waals surface area contributed by atoms with E-state index in [2.05, 4.69) is 46.6 Å². The number of piperidine rings is 3. The maximum absolute atomic E-state index is 12.4. The van der Waals surface area contributed by atoms with Crippen LogP contribution in [0.15, 0.2) is 129 Å². The van der Waals surface area contributed by atoms with E-state index in [1.807, 2.05) is 154 Å². The van der Waals surface area contributed by atoms with Gasteiger partial charge in [0.1, 0.15) is 16.4 Å². The fraction of sp³-hybridized carbons (Fsp3) is 0.417. The summed E-state index contributed by atoms with van der Waals surface area (Å²) in [5.41, 5.74) is 14.5. The van der Waals surface area contributed by atoms with Crippen molar-refractivity contribution in [1.29, 1.82) is 0 Å². The van der Waals surface area contributed by atoms with Crippen molar-refractivity contribution in [2.24, 2.45) is 17.6 Å². The van der Waals surface area contributed by atoms with Crippen LogP contribution < -0.4 is 11.1 Å². The number of hydrogen-bond donors (Lipinski definition) is 2. The van der Waals surface area contributed by atoms with Crippen molar-refractivity contribution < 1.29 is 19.1 Å². The molecule has 12 heterocycles. The number of hydrogen-bond acceptors (Lipinski definition) is 15. The van der Waals surface area contributed by atoms with Gasteiger partial charge >= 0.3 is 12.2 Å². The van der Waals surface area contributed by atoms with Crippen molar-refractivity contribution in [3.8, 4) is 33.9 Å². The zero-order valence-corrected chi connectivity index (χ0v) is 47.9. The number of nitrogens with zero attached hydrogens (tertiary/aromatic N) is 14. The van der Waals surface area contributed by atoms with Crippen LogP contribution >= 0.6 is 11.6 Å². The molecule has 12 rings (SSSR count). The Hall–Kier alpha value is -7.94. The molecule has 0 aromatic carbocycles. The number of ether oxygens (including phenoxy) is 2. The first-order valence-corrected chi connectivity index (χ1v) is 28.2. The van der Waals surface area contributed by atoms with E-state index < -0.39 is 11.2 Å². The van der Waals surface area contributed by atoms with Gasteiger partial charge in [-0.15, -0.1) is 0 Å². The van der Waals surface area contributed by atoms with E-state index >= 15 is 0 Å². The lowest BCUT2D eigenvalue weighted by molar-refractivity contribution is 0.0163. The summed E-state index contributed by atoms with van der Waals surface area (Å²) in [7, 11) is 0. The third kappa shape index (κ3) is 16.1. The maximum atomic E-state index is 12.4. The molecule has 9 aromatic heterocycles. The van der Waals surface area contributed by atoms with E-state index in [0.717, 1.165) is 121 Å². The number of amides is 2. The van der Waals surface area contributed by atoms with E-state index in [-0.39, 0.29) is 18.2 Å². The molecule has 0 saturated carbocycles. The Morgan fingerprint density at radius 2 is 1.10 bits per heavy atom. The second-order valence-electron chi connectivity index (χ2n) is 22.6. The molecule has 3 fully saturated rings. The minimum atomic E-state index is -0.474. The van der Waals surface area contributed by atoms with Crippen LogP contribution in [0.1, 0.15) is 91.5 Å². The minimum Gasteiger partial charge on any atom is -0.444 e. The minimum absolute atomic E-state index is 0.108. The fourth-order valence-corrected chi connectivity index (χ4v) is 10.2. The summed E-state index contributed by atoms with van der Waals surface area (Å²) < 4.78 is 16.3. The third-order valence-corrected chi connectivity index (χ3v) is 13.9. The lowest BCUT2D eigenvalue weighted by Crippen LogP contribution is -2.47. The number of fused-ring (bicyclic) bond motifs is 3. The highest BCUT2D eigenvalue weighted by Crippen LogP contribution is 2.27. The lowest BCUT2D eigenvalue weighted by Gasteiger charge is -2.34. The van der Waals surface area contributed by atoms with E-state index in [1.54, 1.807) is 34.1 Å². The van der Waals surface area contributed by atoms with Gasteiger partial charge in [-0.05, 0) is 160 Å². The van der Waals surface area contributed by atoms with Crippen LogP contribution in [0.3, 0.4) is 0 Å². The molecule has 3 atom stereocenters. The highest BCUT2D eigenvalue weighted by molar-refractivity contribution is 6.29. The van der Waals surface area contributed by atoms with Crippen LogP contribution in [0.2, 0.25) is 5.15 Å². The second kappa shape index (κ2) is 26.6. The summed E-state index contributed by atoms with van der Waals surface area (Å²) in [6.07, 6.45) is 28.0. The fourth-order valence-electron chi connectivity index (χ4n) is 10.0. The summed E-state index contributed by atoms with van der Waals surface area (Å²) in [4.78, 5) is 54.3. The SMILES string of the molecule is CC(C)(C)OC(=O)N1CCC[C@@H](Cc2cncc(-c3cnn4ccccc34)n2)C1.CC(C)(C)OC(=O)N1CCC[C@@H](N)C1.Clc1ccnc(-c2cnn3ccccc23)n1.c1ccn2ncc(-c3cncc(C[C@@H]4CCCNC4)n3)c2c1. The maximum Gasteiger partial charge on any atom is 0.410 e. The lowest BCUT2D eigenvalue weighted by atomic mass is 9.93. The molecular formula is C60H73ClN16O4. The number of nitrogens with one attached hydrogen (secondary N) is 1. The summed E-state index contributed by atoms with van der Waals surface area (Å²) in [6, 6.07) is 19.6. The largest absolute Gasteiger partial charge is 0.444 e. The normalized spacial score (nSPS) is 17.5. The van der Waals surface area contributed by atoms with Gasteiger partial charge in [0.05, 0.1) is 75.9 Å². The van der Waals surface area contributed by atoms with Gasteiger partial charge in [0.2, 0.25) is 0 Å². The highest BCUT2D eigenvalue weighted by Gasteiger charge is 2.29. The standard InChI is InChI=1S/C22H27N5O2.C17H19N5.C11H7ClN4.C10H20N2O2/c1-22(2,3)29-21(28)26-9-6-7-16(15-26)11-17-12-23-14-19(25-17)18-13-24-27-10-5-4-8-20(18)27;1-2-7-22-17(5-1)15(11-20-22)16-12-19-10-14(21-16)8-13-4-3-6-18-9-13;12-10-4-5-13-11(15-10)8-7-14-16-6-2-1-3-9(8)16;1-10(2,3)14-9(13)12-6-4-5-8(11)7-12/h4-5,8,10,12-14,16H,6-7,9,11,15H2,1-3H3;1-2,5,7,10-13,18H,3-4,6,8-9H2;1-7H;8H,4-7,11H2,1-3H3/t16-;13-;;8-/m00.1/s1. The Balaban J connectivity index is 0.000000136. The molecule has 81 heavy (non-hydrogen) atoms. The first-order chi connectivity index (χ1) is 39.0. The molecule has 0 unspecified atom stereocenters. The van der Waals surface area contributed by atoms with Crippen LogP contribution in [-0.4, -0.2) is 137 Å². The molecule has 21 heteroatoms. The number of nitrogens with two attached hydrogens (primary N) is 1. The number of carbonyl (C=O) groups excluding carboxylic acids is 2. The zero-order valence-electron chi connectivity index (χ0n) is 47.1. The van der Waals surface area contributed by atoms with E-state index in [1.165, 1.54) is 12.8 Å². The van der Waals surface area contributed by atoms with Crippen molar-refractivity contribution in [3.05, 3.63) is 145 Å². The summed E-state index contributed by atoms with van der Waals surface area (Å²) in [5.74, 6) is 1.61. The number of rotatable bonds is 7. The van der Waals surface area contributed by atoms with Gasteiger partial charge in [-0.3, -0.25) is 9.97 Å². The van der Waals surface area contributed by atoms with Gasteiger partial charge in [-0.2, -0.15) is 15.3 Å². The van der Waals surface area contributed by atoms with Crippen molar-refractivity contribution in [2.75, 3.05) is 39.3 Å². The summed E-state index contributed by atoms with van der Waals surface area (Å²) in [5, 5.41) is 16.9. The van der Waals surface area contributed by atoms with Crippen molar-refractivity contribution >= 4 is 40.3 Å². The van der Waals surface area contributed by atoms with E-state index in [9.17, 15) is 9.59 Å². The first kappa shape index (κ1) is 57.7. The summed E-state index contributed by atoms with van der Waals surface area (Å²) in [6.45, 7) is 16.4. The molecule has 424 valence electrons. The van der Waals surface area contributed by atoms with Crippen molar-refractivity contribution in [2.45, 2.75) is 110 Å². The molecule has 9 aromatic rings. The average Bonchev–Trinajstić information content (AvgIpc) is 4.31. The average molecular weight is 1120 g/mol. The summed E-state index contributed by atoms with van der Waals surface area (Å²) >= 11 is 5.83. The molecule has 0 aliphatic carbocycles. The molecule has 0 spiro atoms. The quantitative estimate of drug-likeness (QED) is 0.142. The number of halogens is 1. The van der Waals surface area contributed by atoms with Gasteiger partial charge in [0, 0.05) is 80.5 Å². The second-order valence-corrected chi connectivity index (χ2v) is 23.0. The number of aromatic nitrogens is 12. The third-order valence-electron chi connectivity index (χ3n) is 13.7. The smallest absolute Gasteiger partial charge is 0.410 e. The van der Waals surface area contributed by atoms with Crippen LogP contribution in [-0.2, 0) is 22.3 Å². The van der Waals surface area contributed by atoms with Crippen LogP contribution in [0, 0.1) is 11.8 Å². The Morgan fingerprint density at radius 3 is 1.60 bits per heavy atom. The Bertz CT molecular complexity index is 3510. The molecule has 3 saturated heterocycles. The van der Waals surface area contributed by atoms with Crippen molar-refractivity contribution in [1.82, 2.24) is 73.9 Å². The topological polar surface area (TPSA) is 226 Å². The first-order valence-electron chi connectivity index (χ1n) is 27.8. The molecule has 3 aliphatic rings. The van der Waals surface area contributed by atoms with E-state index in [4.69, 9.17) is 36.8 Å². The molecule has 3 N–H and O–H groups in total. The van der Waals surface area contributed by atoms with Gasteiger partial charge in [0.25, 0.3) is 0 Å². The molecule has 0 radical (unpaired) electrons. The monoisotopic (exact) mass is 1120 g/mol. The van der Waals surface area contributed by atoms with Gasteiger partial charge in [-0.25, -0.2) is 43.1 Å². The predicted octanol–water partition coefficient (Wildman–Crippen LogP) is 10.1. The van der Waals surface area contributed by atoms with Crippen molar-refractivity contribution in [3.63, 3.8) is 0 Å². The molecular weight excluding hydrogens is 1040 g/mol. The molecule has 0 bridgehead atoms. The zero-order chi connectivity index (χ0) is 56.9. The Labute approximate surface area is 477 Å². The van der Waals surface area contributed by atoms with Crippen LogP contribution in [0.5, 0.6) is 0 Å².